The maximum atomic E-state index is 12.6. The molecule has 2 atom stereocenters. The number of fused-ring (bicyclic) bond motifs is 1. The minimum absolute atomic E-state index is 0.208. The van der Waals surface area contributed by atoms with E-state index in [-0.39, 0.29) is 5.92 Å². The van der Waals surface area contributed by atoms with E-state index in [1.807, 2.05) is 11.3 Å². The molecule has 1 saturated heterocycles. The highest BCUT2D eigenvalue weighted by atomic mass is 32.1. The first-order valence-corrected chi connectivity index (χ1v) is 7.76. The van der Waals surface area contributed by atoms with Gasteiger partial charge in [0, 0.05) is 18.0 Å². The standard InChI is InChI=1S/C14H20N2OS/c1-2-12-11-5-8-18-13(11)4-7-16(12)14(17)10-3-6-15-9-10/h5,8,10,12,15H,2-4,6-7,9H2,1H3. The van der Waals surface area contributed by atoms with E-state index in [1.54, 1.807) is 0 Å². The molecule has 1 amide bonds. The van der Waals surface area contributed by atoms with Gasteiger partial charge in [-0.1, -0.05) is 6.92 Å². The summed E-state index contributed by atoms with van der Waals surface area (Å²) in [5, 5.41) is 5.46. The lowest BCUT2D eigenvalue weighted by Gasteiger charge is -2.37. The fourth-order valence-electron chi connectivity index (χ4n) is 3.20. The van der Waals surface area contributed by atoms with E-state index in [0.29, 0.717) is 11.9 Å². The normalized spacial score (nSPS) is 27.3. The Morgan fingerprint density at radius 3 is 3.22 bits per heavy atom. The van der Waals surface area contributed by atoms with Crippen LogP contribution in [0.15, 0.2) is 11.4 Å². The summed E-state index contributed by atoms with van der Waals surface area (Å²) in [6, 6.07) is 2.52. The molecule has 0 aromatic carbocycles. The topological polar surface area (TPSA) is 32.3 Å². The molecule has 3 rings (SSSR count). The van der Waals surface area contributed by atoms with Crippen molar-refractivity contribution in [2.24, 2.45) is 5.92 Å². The molecule has 18 heavy (non-hydrogen) atoms. The Labute approximate surface area is 112 Å². The molecule has 2 aliphatic heterocycles. The zero-order valence-electron chi connectivity index (χ0n) is 10.8. The Hall–Kier alpha value is -0.870. The fourth-order valence-corrected chi connectivity index (χ4v) is 4.13. The number of nitrogens with zero attached hydrogens (tertiary/aromatic N) is 1. The smallest absolute Gasteiger partial charge is 0.227 e. The number of rotatable bonds is 2. The number of carbonyl (C=O) groups is 1. The van der Waals surface area contributed by atoms with E-state index in [1.165, 1.54) is 10.4 Å². The van der Waals surface area contributed by atoms with Gasteiger partial charge in [-0.15, -0.1) is 11.3 Å². The maximum absolute atomic E-state index is 12.6. The van der Waals surface area contributed by atoms with Gasteiger partial charge in [-0.2, -0.15) is 0 Å². The number of nitrogens with one attached hydrogen (secondary N) is 1. The van der Waals surface area contributed by atoms with Crippen LogP contribution in [0.3, 0.4) is 0 Å². The molecule has 0 radical (unpaired) electrons. The van der Waals surface area contributed by atoms with Crippen LogP contribution < -0.4 is 5.32 Å². The number of carbonyl (C=O) groups excluding carboxylic acids is 1. The third kappa shape index (κ3) is 1.97. The molecule has 2 unspecified atom stereocenters. The zero-order valence-corrected chi connectivity index (χ0v) is 11.6. The summed E-state index contributed by atoms with van der Waals surface area (Å²) in [6.07, 6.45) is 3.06. The molecule has 0 spiro atoms. The highest BCUT2D eigenvalue weighted by Gasteiger charge is 2.34. The lowest BCUT2D eigenvalue weighted by atomic mass is 9.95. The predicted molar refractivity (Wildman–Crippen MR) is 73.7 cm³/mol. The summed E-state index contributed by atoms with van der Waals surface area (Å²) in [5.41, 5.74) is 1.40. The van der Waals surface area contributed by atoms with Crippen molar-refractivity contribution < 1.29 is 4.79 Å². The Morgan fingerprint density at radius 1 is 1.61 bits per heavy atom. The van der Waals surface area contributed by atoms with E-state index in [0.717, 1.165) is 38.9 Å². The molecular weight excluding hydrogens is 244 g/mol. The average Bonchev–Trinajstić information content (AvgIpc) is 3.06. The summed E-state index contributed by atoms with van der Waals surface area (Å²) in [6.45, 7) is 4.94. The lowest BCUT2D eigenvalue weighted by molar-refractivity contribution is -0.138. The van der Waals surface area contributed by atoms with E-state index in [2.05, 4.69) is 28.6 Å². The maximum Gasteiger partial charge on any atom is 0.227 e. The van der Waals surface area contributed by atoms with Gasteiger partial charge in [0.1, 0.15) is 0 Å². The zero-order chi connectivity index (χ0) is 12.5. The molecule has 1 N–H and O–H groups in total. The van der Waals surface area contributed by atoms with Crippen molar-refractivity contribution in [3.05, 3.63) is 21.9 Å². The number of hydrogen-bond acceptors (Lipinski definition) is 3. The Kier molecular flexibility index (Phi) is 3.39. The van der Waals surface area contributed by atoms with E-state index in [4.69, 9.17) is 0 Å². The van der Waals surface area contributed by atoms with Gasteiger partial charge < -0.3 is 10.2 Å². The second-order valence-electron chi connectivity index (χ2n) is 5.19. The molecule has 1 aromatic heterocycles. The molecule has 4 heteroatoms. The van der Waals surface area contributed by atoms with Gasteiger partial charge in [0.25, 0.3) is 0 Å². The van der Waals surface area contributed by atoms with Gasteiger partial charge in [0.15, 0.2) is 0 Å². The molecule has 0 saturated carbocycles. The Morgan fingerprint density at radius 2 is 2.50 bits per heavy atom. The first kappa shape index (κ1) is 12.2. The van der Waals surface area contributed by atoms with Crippen LogP contribution in [0.4, 0.5) is 0 Å². The highest BCUT2D eigenvalue weighted by molar-refractivity contribution is 7.10. The Bertz CT molecular complexity index is 437. The van der Waals surface area contributed by atoms with Gasteiger partial charge in [-0.25, -0.2) is 0 Å². The molecule has 0 bridgehead atoms. The van der Waals surface area contributed by atoms with Crippen molar-refractivity contribution in [1.29, 1.82) is 0 Å². The fraction of sp³-hybridized carbons (Fsp3) is 0.643. The van der Waals surface area contributed by atoms with E-state index >= 15 is 0 Å². The van der Waals surface area contributed by atoms with Crippen LogP contribution in [0.5, 0.6) is 0 Å². The minimum atomic E-state index is 0.208. The quantitative estimate of drug-likeness (QED) is 0.888. The van der Waals surface area contributed by atoms with Crippen molar-refractivity contribution in [3.63, 3.8) is 0 Å². The first-order valence-electron chi connectivity index (χ1n) is 6.88. The lowest BCUT2D eigenvalue weighted by Crippen LogP contribution is -2.43. The molecule has 2 aliphatic rings. The van der Waals surface area contributed by atoms with Crippen LogP contribution in [-0.4, -0.2) is 30.4 Å². The number of hydrogen-bond donors (Lipinski definition) is 1. The largest absolute Gasteiger partial charge is 0.335 e. The molecule has 1 fully saturated rings. The van der Waals surface area contributed by atoms with Gasteiger partial charge in [0.05, 0.1) is 12.0 Å². The van der Waals surface area contributed by atoms with Gasteiger partial charge in [-0.05, 0) is 42.8 Å². The van der Waals surface area contributed by atoms with Crippen molar-refractivity contribution >= 4 is 17.2 Å². The van der Waals surface area contributed by atoms with Crippen LogP contribution in [0.2, 0.25) is 0 Å². The molecule has 1 aromatic rings. The molecular formula is C14H20N2OS. The van der Waals surface area contributed by atoms with Crippen molar-refractivity contribution in [2.45, 2.75) is 32.2 Å². The summed E-state index contributed by atoms with van der Waals surface area (Å²) in [4.78, 5) is 16.2. The highest BCUT2D eigenvalue weighted by Crippen LogP contribution is 2.36. The third-order valence-electron chi connectivity index (χ3n) is 4.17. The molecule has 3 heterocycles. The number of thiophene rings is 1. The second-order valence-corrected chi connectivity index (χ2v) is 6.20. The van der Waals surface area contributed by atoms with Crippen LogP contribution in [-0.2, 0) is 11.2 Å². The van der Waals surface area contributed by atoms with Gasteiger partial charge in [0.2, 0.25) is 5.91 Å². The molecule has 3 nitrogen and oxygen atoms in total. The van der Waals surface area contributed by atoms with Crippen molar-refractivity contribution in [3.8, 4) is 0 Å². The van der Waals surface area contributed by atoms with Crippen molar-refractivity contribution in [1.82, 2.24) is 10.2 Å². The molecule has 0 aliphatic carbocycles. The Balaban J connectivity index is 1.82. The SMILES string of the molecule is CCC1c2ccsc2CCN1C(=O)C1CCNC1. The predicted octanol–water partition coefficient (Wildman–Crippen LogP) is 2.19. The summed E-state index contributed by atoms with van der Waals surface area (Å²) in [7, 11) is 0. The first-order chi connectivity index (χ1) is 8.81. The van der Waals surface area contributed by atoms with Gasteiger partial charge in [-0.3, -0.25) is 4.79 Å². The van der Waals surface area contributed by atoms with Gasteiger partial charge >= 0.3 is 0 Å². The summed E-state index contributed by atoms with van der Waals surface area (Å²) < 4.78 is 0. The van der Waals surface area contributed by atoms with E-state index in [9.17, 15) is 4.79 Å². The monoisotopic (exact) mass is 264 g/mol. The van der Waals surface area contributed by atoms with Crippen LogP contribution in [0.25, 0.3) is 0 Å². The molecule has 98 valence electrons. The third-order valence-corrected chi connectivity index (χ3v) is 5.17. The second kappa shape index (κ2) is 5.02. The van der Waals surface area contributed by atoms with E-state index < -0.39 is 0 Å². The average molecular weight is 264 g/mol. The van der Waals surface area contributed by atoms with Crippen LogP contribution in [0.1, 0.15) is 36.2 Å². The van der Waals surface area contributed by atoms with Crippen LogP contribution >= 0.6 is 11.3 Å². The number of amides is 1. The summed E-state index contributed by atoms with van der Waals surface area (Å²) in [5.74, 6) is 0.572. The van der Waals surface area contributed by atoms with Crippen LogP contribution in [0, 0.1) is 5.92 Å². The van der Waals surface area contributed by atoms with Crippen molar-refractivity contribution in [2.75, 3.05) is 19.6 Å². The summed E-state index contributed by atoms with van der Waals surface area (Å²) >= 11 is 1.84. The minimum Gasteiger partial charge on any atom is -0.335 e.